The van der Waals surface area contributed by atoms with Gasteiger partial charge in [0.25, 0.3) is 0 Å². The first-order valence-electron chi connectivity index (χ1n) is 6.30. The zero-order chi connectivity index (χ0) is 14.9. The van der Waals surface area contributed by atoms with Crippen LogP contribution in [0.15, 0.2) is 36.4 Å². The van der Waals surface area contributed by atoms with Gasteiger partial charge >= 0.3 is 0 Å². The summed E-state index contributed by atoms with van der Waals surface area (Å²) in [5.41, 5.74) is 0.662. The van der Waals surface area contributed by atoms with Crippen molar-refractivity contribution in [3.8, 4) is 28.7 Å². The van der Waals surface area contributed by atoms with Gasteiger partial charge in [-0.15, -0.1) is 0 Å². The molecule has 4 nitrogen and oxygen atoms in total. The molecule has 2 aromatic rings. The molecular weight excluding hydrogens is 256 g/mol. The Morgan fingerprint density at radius 2 is 1.40 bits per heavy atom. The normalized spacial score (nSPS) is 11.3. The summed E-state index contributed by atoms with van der Waals surface area (Å²) in [6.45, 7) is 6.03. The Morgan fingerprint density at radius 1 is 0.800 bits per heavy atom. The van der Waals surface area contributed by atoms with Crippen LogP contribution >= 0.6 is 0 Å². The van der Waals surface area contributed by atoms with Gasteiger partial charge in [-0.25, -0.2) is 0 Å². The van der Waals surface area contributed by atoms with Crippen LogP contribution in [0.1, 0.15) is 26.3 Å². The molecule has 4 heteroatoms. The van der Waals surface area contributed by atoms with E-state index in [1.807, 2.05) is 20.8 Å². The van der Waals surface area contributed by atoms with Crippen LogP contribution in [0.3, 0.4) is 0 Å². The van der Waals surface area contributed by atoms with Crippen molar-refractivity contribution < 1.29 is 20.1 Å². The number of hydrogen-bond donors (Lipinski definition) is 3. The fraction of sp³-hybridized carbons (Fsp3) is 0.250. The van der Waals surface area contributed by atoms with Crippen molar-refractivity contribution in [3.05, 3.63) is 42.0 Å². The van der Waals surface area contributed by atoms with Crippen molar-refractivity contribution in [3.63, 3.8) is 0 Å². The monoisotopic (exact) mass is 274 g/mol. The maximum Gasteiger partial charge on any atom is 0.134 e. The van der Waals surface area contributed by atoms with Gasteiger partial charge in [-0.1, -0.05) is 26.8 Å². The Kier molecular flexibility index (Phi) is 3.49. The molecule has 20 heavy (non-hydrogen) atoms. The Hall–Kier alpha value is -2.36. The molecule has 0 heterocycles. The second-order valence-electron chi connectivity index (χ2n) is 5.72. The largest absolute Gasteiger partial charge is 0.508 e. The van der Waals surface area contributed by atoms with E-state index in [1.165, 1.54) is 24.3 Å². The van der Waals surface area contributed by atoms with Crippen molar-refractivity contribution in [2.24, 2.45) is 0 Å². The van der Waals surface area contributed by atoms with Gasteiger partial charge in [0.2, 0.25) is 0 Å². The molecule has 2 aromatic carbocycles. The number of ether oxygens (including phenoxy) is 1. The molecule has 0 saturated carbocycles. The molecule has 0 spiro atoms. The van der Waals surface area contributed by atoms with Crippen LogP contribution in [-0.2, 0) is 5.41 Å². The number of rotatable bonds is 2. The summed E-state index contributed by atoms with van der Waals surface area (Å²) >= 11 is 0. The molecular formula is C16H18O4. The fourth-order valence-corrected chi connectivity index (χ4v) is 1.97. The van der Waals surface area contributed by atoms with Crippen molar-refractivity contribution in [2.45, 2.75) is 26.2 Å². The third-order valence-electron chi connectivity index (χ3n) is 2.89. The average molecular weight is 274 g/mol. The summed E-state index contributed by atoms with van der Waals surface area (Å²) < 4.78 is 5.51. The lowest BCUT2D eigenvalue weighted by Gasteiger charge is -2.20. The maximum absolute atomic E-state index is 10.0. The summed E-state index contributed by atoms with van der Waals surface area (Å²) in [6, 6.07) is 9.03. The van der Waals surface area contributed by atoms with Crippen LogP contribution in [0.5, 0.6) is 28.7 Å². The minimum atomic E-state index is -0.161. The predicted molar refractivity (Wildman–Crippen MR) is 76.7 cm³/mol. The molecule has 2 rings (SSSR count). The SMILES string of the molecule is CC(C)(C)c1ccc(Oc2cc(O)cc(O)c2)cc1O. The van der Waals surface area contributed by atoms with E-state index in [0.29, 0.717) is 11.5 Å². The van der Waals surface area contributed by atoms with Gasteiger partial charge < -0.3 is 20.1 Å². The molecule has 0 aromatic heterocycles. The lowest BCUT2D eigenvalue weighted by atomic mass is 9.86. The molecule has 0 unspecified atom stereocenters. The molecule has 0 saturated heterocycles. The van der Waals surface area contributed by atoms with Crippen molar-refractivity contribution in [1.82, 2.24) is 0 Å². The van der Waals surface area contributed by atoms with Gasteiger partial charge in [0.15, 0.2) is 0 Å². The summed E-state index contributed by atoms with van der Waals surface area (Å²) in [5.74, 6) is 0.705. The first-order chi connectivity index (χ1) is 9.25. The Labute approximate surface area is 117 Å². The summed E-state index contributed by atoms with van der Waals surface area (Å²) in [5, 5.41) is 28.8. The van der Waals surface area contributed by atoms with Crippen LogP contribution in [0.25, 0.3) is 0 Å². The average Bonchev–Trinajstić information content (AvgIpc) is 2.25. The summed E-state index contributed by atoms with van der Waals surface area (Å²) in [6.07, 6.45) is 0. The summed E-state index contributed by atoms with van der Waals surface area (Å²) in [4.78, 5) is 0. The van der Waals surface area contributed by atoms with Crippen molar-refractivity contribution in [1.29, 1.82) is 0 Å². The topological polar surface area (TPSA) is 69.9 Å². The number of phenols is 3. The lowest BCUT2D eigenvalue weighted by Crippen LogP contribution is -2.11. The Morgan fingerprint density at radius 3 is 1.90 bits per heavy atom. The van der Waals surface area contributed by atoms with Crippen molar-refractivity contribution >= 4 is 0 Å². The first kappa shape index (κ1) is 14.1. The number of phenolic OH excluding ortho intramolecular Hbond substituents is 3. The lowest BCUT2D eigenvalue weighted by molar-refractivity contribution is 0.424. The van der Waals surface area contributed by atoms with Crippen LogP contribution in [0.4, 0.5) is 0 Å². The molecule has 3 N–H and O–H groups in total. The summed E-state index contributed by atoms with van der Waals surface area (Å²) in [7, 11) is 0. The zero-order valence-corrected chi connectivity index (χ0v) is 11.7. The van der Waals surface area contributed by atoms with E-state index in [9.17, 15) is 15.3 Å². The molecule has 0 fully saturated rings. The second-order valence-corrected chi connectivity index (χ2v) is 5.72. The Balaban J connectivity index is 2.29. The van der Waals surface area contributed by atoms with E-state index in [1.54, 1.807) is 12.1 Å². The molecule has 0 radical (unpaired) electrons. The van der Waals surface area contributed by atoms with Crippen LogP contribution in [0.2, 0.25) is 0 Å². The number of benzene rings is 2. The van der Waals surface area contributed by atoms with E-state index >= 15 is 0 Å². The highest BCUT2D eigenvalue weighted by atomic mass is 16.5. The highest BCUT2D eigenvalue weighted by Gasteiger charge is 2.18. The minimum Gasteiger partial charge on any atom is -0.508 e. The molecule has 0 aliphatic carbocycles. The fourth-order valence-electron chi connectivity index (χ4n) is 1.97. The van der Waals surface area contributed by atoms with Gasteiger partial charge in [-0.3, -0.25) is 0 Å². The maximum atomic E-state index is 10.0. The van der Waals surface area contributed by atoms with E-state index in [-0.39, 0.29) is 22.7 Å². The number of hydrogen-bond acceptors (Lipinski definition) is 4. The highest BCUT2D eigenvalue weighted by molar-refractivity contribution is 5.46. The van der Waals surface area contributed by atoms with E-state index < -0.39 is 0 Å². The molecule has 0 bridgehead atoms. The number of aromatic hydroxyl groups is 3. The van der Waals surface area contributed by atoms with Gasteiger partial charge in [0.1, 0.15) is 28.7 Å². The van der Waals surface area contributed by atoms with Gasteiger partial charge in [-0.2, -0.15) is 0 Å². The molecule has 0 atom stereocenters. The molecule has 0 amide bonds. The standard InChI is InChI=1S/C16H18O4/c1-16(2,3)14-5-4-12(9-15(14)19)20-13-7-10(17)6-11(18)8-13/h4-9,17-19H,1-3H3. The molecule has 106 valence electrons. The molecule has 0 aliphatic rings. The third kappa shape index (κ3) is 3.15. The zero-order valence-electron chi connectivity index (χ0n) is 11.7. The van der Waals surface area contributed by atoms with E-state index in [4.69, 9.17) is 4.74 Å². The first-order valence-corrected chi connectivity index (χ1v) is 6.30. The quantitative estimate of drug-likeness (QED) is 0.777. The van der Waals surface area contributed by atoms with Crippen LogP contribution in [0, 0.1) is 0 Å². The van der Waals surface area contributed by atoms with Crippen LogP contribution in [-0.4, -0.2) is 15.3 Å². The predicted octanol–water partition coefficient (Wildman–Crippen LogP) is 3.89. The smallest absolute Gasteiger partial charge is 0.134 e. The highest BCUT2D eigenvalue weighted by Crippen LogP contribution is 2.35. The van der Waals surface area contributed by atoms with Gasteiger partial charge in [0, 0.05) is 24.3 Å². The minimum absolute atomic E-state index is 0.0875. The molecule has 0 aliphatic heterocycles. The second kappa shape index (κ2) is 4.96. The van der Waals surface area contributed by atoms with Gasteiger partial charge in [-0.05, 0) is 17.0 Å². The van der Waals surface area contributed by atoms with Crippen molar-refractivity contribution in [2.75, 3.05) is 0 Å². The van der Waals surface area contributed by atoms with Gasteiger partial charge in [0.05, 0.1) is 0 Å². The van der Waals surface area contributed by atoms with E-state index in [2.05, 4.69) is 0 Å². The Bertz CT molecular complexity index is 607. The third-order valence-corrected chi connectivity index (χ3v) is 2.89. The van der Waals surface area contributed by atoms with E-state index in [0.717, 1.165) is 5.56 Å². The van der Waals surface area contributed by atoms with Crippen LogP contribution < -0.4 is 4.74 Å².